The van der Waals surface area contributed by atoms with Gasteiger partial charge in [-0.2, -0.15) is 4.31 Å². The average molecular weight is 575 g/mol. The topological polar surface area (TPSA) is 83.9 Å². The van der Waals surface area contributed by atoms with Crippen LogP contribution in [0.15, 0.2) is 65.6 Å². The molecular weight excluding hydrogens is 545 g/mol. The lowest BCUT2D eigenvalue weighted by Gasteiger charge is -2.49. The number of fused-ring (bicyclic) bond motifs is 1. The first kappa shape index (κ1) is 27.0. The summed E-state index contributed by atoms with van der Waals surface area (Å²) < 4.78 is 35.5. The standard InChI is InChI=1S/C29H29Cl2NO5S/c1-28(2)12-9-20-16-25(7-8-26(20)37-28)38(35,36)32(18-27(33)34)29(10-4-11-29)22-6-3-5-19(13-22)21-14-23(30)17-24(31)15-21/h3,5-8,13-17H,4,9-12,18H2,1-2H3,(H,33,34). The largest absolute Gasteiger partial charge is 0.488 e. The first-order chi connectivity index (χ1) is 17.9. The van der Waals surface area contributed by atoms with Gasteiger partial charge < -0.3 is 9.84 Å². The lowest BCUT2D eigenvalue weighted by atomic mass is 9.71. The van der Waals surface area contributed by atoms with Crippen LogP contribution in [-0.2, 0) is 26.8 Å². The monoisotopic (exact) mass is 573 g/mol. The number of rotatable bonds is 7. The number of aliphatic carboxylic acids is 1. The smallest absolute Gasteiger partial charge is 0.318 e. The molecule has 0 bridgehead atoms. The zero-order valence-corrected chi connectivity index (χ0v) is 23.5. The fourth-order valence-corrected chi connectivity index (χ4v) is 7.75. The van der Waals surface area contributed by atoms with Crippen LogP contribution in [0.3, 0.4) is 0 Å². The third-order valence-corrected chi connectivity index (χ3v) is 9.88. The molecule has 200 valence electrons. The molecule has 3 aromatic carbocycles. The molecule has 2 aliphatic rings. The van der Waals surface area contributed by atoms with Crippen molar-refractivity contribution in [3.05, 3.63) is 81.8 Å². The van der Waals surface area contributed by atoms with Crippen molar-refractivity contribution in [2.75, 3.05) is 6.54 Å². The lowest BCUT2D eigenvalue weighted by Crippen LogP contribution is -2.55. The van der Waals surface area contributed by atoms with Crippen molar-refractivity contribution < 1.29 is 23.1 Å². The molecule has 5 rings (SSSR count). The molecule has 3 aromatic rings. The van der Waals surface area contributed by atoms with Crippen molar-refractivity contribution in [1.82, 2.24) is 4.31 Å². The van der Waals surface area contributed by atoms with Crippen LogP contribution >= 0.6 is 23.2 Å². The molecule has 1 aliphatic carbocycles. The van der Waals surface area contributed by atoms with Crippen LogP contribution in [0.25, 0.3) is 11.1 Å². The second-order valence-corrected chi connectivity index (χ2v) is 13.4. The van der Waals surface area contributed by atoms with E-state index in [4.69, 9.17) is 27.9 Å². The number of carboxylic acids is 1. The Morgan fingerprint density at radius 1 is 0.974 bits per heavy atom. The minimum Gasteiger partial charge on any atom is -0.488 e. The maximum absolute atomic E-state index is 14.1. The molecule has 38 heavy (non-hydrogen) atoms. The summed E-state index contributed by atoms with van der Waals surface area (Å²) in [6, 6.07) is 17.6. The zero-order chi connectivity index (χ0) is 27.3. The van der Waals surface area contributed by atoms with Gasteiger partial charge in [-0.3, -0.25) is 4.79 Å². The van der Waals surface area contributed by atoms with E-state index in [1.165, 1.54) is 10.4 Å². The Morgan fingerprint density at radius 2 is 1.68 bits per heavy atom. The van der Waals surface area contributed by atoms with Crippen LogP contribution in [0.2, 0.25) is 10.0 Å². The highest BCUT2D eigenvalue weighted by Crippen LogP contribution is 2.50. The van der Waals surface area contributed by atoms with Crippen LogP contribution in [0.1, 0.15) is 50.7 Å². The summed E-state index contributed by atoms with van der Waals surface area (Å²) in [4.78, 5) is 12.1. The van der Waals surface area contributed by atoms with Crippen LogP contribution in [0.5, 0.6) is 5.75 Å². The number of sulfonamides is 1. The van der Waals surface area contributed by atoms with Crippen molar-refractivity contribution in [3.63, 3.8) is 0 Å². The van der Waals surface area contributed by atoms with E-state index in [9.17, 15) is 18.3 Å². The minimum absolute atomic E-state index is 0.0739. The van der Waals surface area contributed by atoms with Crippen molar-refractivity contribution in [2.45, 2.75) is 62.0 Å². The van der Waals surface area contributed by atoms with Gasteiger partial charge in [-0.05, 0) is 111 Å². The van der Waals surface area contributed by atoms with Gasteiger partial charge in [-0.15, -0.1) is 0 Å². The normalized spacial score (nSPS) is 17.8. The van der Waals surface area contributed by atoms with Gasteiger partial charge in [0.15, 0.2) is 0 Å². The number of carbonyl (C=O) groups is 1. The second-order valence-electron chi connectivity index (χ2n) is 10.7. The summed E-state index contributed by atoms with van der Waals surface area (Å²) in [6.07, 6.45) is 3.25. The Hall–Kier alpha value is -2.58. The number of hydrogen-bond acceptors (Lipinski definition) is 4. The van der Waals surface area contributed by atoms with E-state index in [0.29, 0.717) is 35.1 Å². The summed E-state index contributed by atoms with van der Waals surface area (Å²) in [5.74, 6) is -0.545. The highest BCUT2D eigenvalue weighted by atomic mass is 35.5. The van der Waals surface area contributed by atoms with Crippen LogP contribution in [-0.4, -0.2) is 35.9 Å². The molecule has 6 nitrogen and oxygen atoms in total. The summed E-state index contributed by atoms with van der Waals surface area (Å²) in [7, 11) is -4.16. The van der Waals surface area contributed by atoms with Gasteiger partial charge in [-0.25, -0.2) is 8.42 Å². The third kappa shape index (κ3) is 5.05. The molecule has 0 radical (unpaired) electrons. The second kappa shape index (κ2) is 9.87. The quantitative estimate of drug-likeness (QED) is 0.331. The van der Waals surface area contributed by atoms with E-state index in [1.54, 1.807) is 30.3 Å². The fourth-order valence-electron chi connectivity index (χ4n) is 5.41. The molecule has 0 atom stereocenters. The highest BCUT2D eigenvalue weighted by molar-refractivity contribution is 7.89. The predicted octanol–water partition coefficient (Wildman–Crippen LogP) is 6.92. The molecular formula is C29H29Cl2NO5S. The molecule has 1 fully saturated rings. The predicted molar refractivity (Wildman–Crippen MR) is 148 cm³/mol. The Morgan fingerprint density at radius 3 is 2.32 bits per heavy atom. The third-order valence-electron chi connectivity index (χ3n) is 7.54. The molecule has 0 aromatic heterocycles. The van der Waals surface area contributed by atoms with Gasteiger partial charge in [0, 0.05) is 10.0 Å². The van der Waals surface area contributed by atoms with Gasteiger partial charge in [0.2, 0.25) is 10.0 Å². The van der Waals surface area contributed by atoms with Crippen LogP contribution < -0.4 is 4.74 Å². The van der Waals surface area contributed by atoms with Crippen molar-refractivity contribution in [1.29, 1.82) is 0 Å². The van der Waals surface area contributed by atoms with Crippen LogP contribution in [0, 0.1) is 0 Å². The number of halogens is 2. The van der Waals surface area contributed by atoms with Gasteiger partial charge in [-0.1, -0.05) is 41.4 Å². The summed E-state index contributed by atoms with van der Waals surface area (Å²) in [5, 5.41) is 10.8. The van der Waals surface area contributed by atoms with Crippen LogP contribution in [0.4, 0.5) is 0 Å². The van der Waals surface area contributed by atoms with E-state index < -0.39 is 28.1 Å². The summed E-state index contributed by atoms with van der Waals surface area (Å²) in [5.41, 5.74) is 1.86. The number of nitrogens with zero attached hydrogens (tertiary/aromatic N) is 1. The van der Waals surface area contributed by atoms with Gasteiger partial charge in [0.25, 0.3) is 0 Å². The molecule has 0 spiro atoms. The molecule has 1 aliphatic heterocycles. The summed E-state index contributed by atoms with van der Waals surface area (Å²) in [6.45, 7) is 3.36. The first-order valence-electron chi connectivity index (χ1n) is 12.5. The van der Waals surface area contributed by atoms with E-state index in [2.05, 4.69) is 0 Å². The van der Waals surface area contributed by atoms with E-state index in [1.807, 2.05) is 38.1 Å². The molecule has 1 N–H and O–H groups in total. The number of ether oxygens (including phenoxy) is 1. The maximum atomic E-state index is 14.1. The minimum atomic E-state index is -4.16. The molecule has 0 saturated heterocycles. The fraction of sp³-hybridized carbons (Fsp3) is 0.345. The van der Waals surface area contributed by atoms with Gasteiger partial charge >= 0.3 is 5.97 Å². The first-order valence-corrected chi connectivity index (χ1v) is 14.7. The highest BCUT2D eigenvalue weighted by Gasteiger charge is 2.50. The zero-order valence-electron chi connectivity index (χ0n) is 21.2. The Bertz CT molecular complexity index is 1490. The summed E-state index contributed by atoms with van der Waals surface area (Å²) >= 11 is 12.4. The molecule has 0 amide bonds. The Kier molecular flexibility index (Phi) is 7.01. The number of hydrogen-bond donors (Lipinski definition) is 1. The van der Waals surface area contributed by atoms with Crippen molar-refractivity contribution in [2.24, 2.45) is 0 Å². The van der Waals surface area contributed by atoms with E-state index >= 15 is 0 Å². The van der Waals surface area contributed by atoms with Crippen molar-refractivity contribution >= 4 is 39.2 Å². The van der Waals surface area contributed by atoms with E-state index in [-0.39, 0.29) is 10.5 Å². The lowest BCUT2D eigenvalue weighted by molar-refractivity contribution is -0.139. The Labute approximate surface area is 233 Å². The number of aryl methyl sites for hydroxylation is 1. The number of benzene rings is 3. The average Bonchev–Trinajstić information content (AvgIpc) is 2.81. The molecule has 0 unspecified atom stereocenters. The van der Waals surface area contributed by atoms with E-state index in [0.717, 1.165) is 35.1 Å². The molecule has 9 heteroatoms. The molecule has 1 heterocycles. The maximum Gasteiger partial charge on any atom is 0.318 e. The number of carboxylic acid groups (broad SMARTS) is 1. The van der Waals surface area contributed by atoms with Gasteiger partial charge in [0.05, 0.1) is 10.4 Å². The SMILES string of the molecule is CC1(C)CCc2cc(S(=O)(=O)N(CC(=O)O)C3(c4cccc(-c5cc(Cl)cc(Cl)c5)c4)CCC3)ccc2O1. The Balaban J connectivity index is 1.58. The molecule has 1 saturated carbocycles. The van der Waals surface area contributed by atoms with Gasteiger partial charge in [0.1, 0.15) is 17.9 Å². The van der Waals surface area contributed by atoms with Crippen molar-refractivity contribution in [3.8, 4) is 16.9 Å².